The molecule has 5 nitrogen and oxygen atoms in total. The number of aliphatic imine (C=N–C) groups is 1. The van der Waals surface area contributed by atoms with Crippen molar-refractivity contribution in [3.63, 3.8) is 0 Å². The van der Waals surface area contributed by atoms with E-state index in [2.05, 4.69) is 47.4 Å². The molecule has 1 heterocycles. The Bertz CT molecular complexity index is 286. The molecule has 126 valence electrons. The minimum Gasteiger partial charge on any atom is -0.370 e. The lowest BCUT2D eigenvalue weighted by Gasteiger charge is -2.35. The van der Waals surface area contributed by atoms with Gasteiger partial charge in [-0.2, -0.15) is 0 Å². The first-order chi connectivity index (χ1) is 9.60. The highest BCUT2D eigenvalue weighted by atomic mass is 127. The normalized spacial score (nSPS) is 19.1. The number of nitrogens with zero attached hydrogens (tertiary/aromatic N) is 4. The second kappa shape index (κ2) is 11.5. The number of hydrogen-bond donors (Lipinski definition) is 1. The highest BCUT2D eigenvalue weighted by Gasteiger charge is 2.17. The highest BCUT2D eigenvalue weighted by Crippen LogP contribution is 2.06. The average Bonchev–Trinajstić information content (AvgIpc) is 2.47. The third-order valence-corrected chi connectivity index (χ3v) is 4.13. The van der Waals surface area contributed by atoms with Gasteiger partial charge in [-0.1, -0.05) is 13.8 Å². The third-order valence-electron chi connectivity index (χ3n) is 4.13. The Hall–Kier alpha value is -0.0800. The molecule has 1 fully saturated rings. The zero-order valence-corrected chi connectivity index (χ0v) is 16.5. The van der Waals surface area contributed by atoms with E-state index in [1.54, 1.807) is 0 Å². The first-order valence-corrected chi connectivity index (χ1v) is 8.10. The second-order valence-electron chi connectivity index (χ2n) is 5.71. The zero-order valence-electron chi connectivity index (χ0n) is 14.2. The van der Waals surface area contributed by atoms with Crippen molar-refractivity contribution in [3.8, 4) is 0 Å². The minimum atomic E-state index is 0. The number of halogens is 1. The highest BCUT2D eigenvalue weighted by molar-refractivity contribution is 14.0. The van der Waals surface area contributed by atoms with Gasteiger partial charge in [0, 0.05) is 52.4 Å². The molecule has 1 unspecified atom stereocenters. The lowest BCUT2D eigenvalue weighted by atomic mass is 10.1. The van der Waals surface area contributed by atoms with Crippen molar-refractivity contribution < 1.29 is 0 Å². The van der Waals surface area contributed by atoms with Crippen LogP contribution in [0.25, 0.3) is 0 Å². The van der Waals surface area contributed by atoms with Crippen LogP contribution in [0.2, 0.25) is 0 Å². The van der Waals surface area contributed by atoms with Crippen molar-refractivity contribution >= 4 is 29.9 Å². The van der Waals surface area contributed by atoms with E-state index in [0.29, 0.717) is 11.9 Å². The number of likely N-dealkylation sites (N-methyl/N-ethyl adjacent to an activating group) is 1. The fraction of sp³-hybridized carbons (Fsp3) is 0.933. The van der Waals surface area contributed by atoms with Gasteiger partial charge in [0.25, 0.3) is 0 Å². The van der Waals surface area contributed by atoms with Crippen molar-refractivity contribution in [2.75, 3.05) is 58.9 Å². The average molecular weight is 411 g/mol. The molecule has 1 rings (SSSR count). The van der Waals surface area contributed by atoms with Gasteiger partial charge in [-0.15, -0.1) is 24.0 Å². The second-order valence-corrected chi connectivity index (χ2v) is 5.71. The Morgan fingerprint density at radius 3 is 2.10 bits per heavy atom. The standard InChI is InChI=1S/C15H33N5.HI/c1-5-18-8-10-19(11-9-18)13-14(4)12-17-15(16)20(6-2)7-3;/h14H,5-13H2,1-4H3,(H2,16,17);1H. The van der Waals surface area contributed by atoms with Crippen LogP contribution in [0, 0.1) is 5.92 Å². The molecular formula is C15H34IN5. The van der Waals surface area contributed by atoms with Crippen molar-refractivity contribution in [2.24, 2.45) is 16.6 Å². The summed E-state index contributed by atoms with van der Waals surface area (Å²) in [6.07, 6.45) is 0. The molecule has 0 radical (unpaired) electrons. The molecular weight excluding hydrogens is 377 g/mol. The van der Waals surface area contributed by atoms with Crippen LogP contribution in [-0.4, -0.2) is 79.6 Å². The van der Waals surface area contributed by atoms with E-state index in [1.807, 2.05) is 0 Å². The van der Waals surface area contributed by atoms with Crippen molar-refractivity contribution in [1.29, 1.82) is 0 Å². The van der Waals surface area contributed by atoms with Crippen molar-refractivity contribution in [2.45, 2.75) is 27.7 Å². The van der Waals surface area contributed by atoms with E-state index >= 15 is 0 Å². The Balaban J connectivity index is 0.00000400. The Morgan fingerprint density at radius 1 is 1.10 bits per heavy atom. The van der Waals surface area contributed by atoms with Gasteiger partial charge in [0.15, 0.2) is 5.96 Å². The summed E-state index contributed by atoms with van der Waals surface area (Å²) in [4.78, 5) is 11.7. The number of nitrogens with two attached hydrogens (primary N) is 1. The van der Waals surface area contributed by atoms with E-state index in [0.717, 1.165) is 26.2 Å². The summed E-state index contributed by atoms with van der Waals surface area (Å²) in [7, 11) is 0. The molecule has 0 aliphatic carbocycles. The molecule has 0 saturated carbocycles. The molecule has 6 heteroatoms. The molecule has 1 saturated heterocycles. The predicted octanol–water partition coefficient (Wildman–Crippen LogP) is 1.53. The van der Waals surface area contributed by atoms with Crippen molar-refractivity contribution in [3.05, 3.63) is 0 Å². The van der Waals surface area contributed by atoms with Crippen LogP contribution in [0.1, 0.15) is 27.7 Å². The Morgan fingerprint density at radius 2 is 1.62 bits per heavy atom. The maximum absolute atomic E-state index is 6.01. The number of guanidine groups is 1. The SMILES string of the molecule is CCN1CCN(CC(C)CN=C(N)N(CC)CC)CC1.I. The van der Waals surface area contributed by atoms with Crippen LogP contribution >= 0.6 is 24.0 Å². The van der Waals surface area contributed by atoms with Gasteiger partial charge in [0.1, 0.15) is 0 Å². The van der Waals surface area contributed by atoms with Gasteiger partial charge in [-0.3, -0.25) is 4.99 Å². The van der Waals surface area contributed by atoms with Gasteiger partial charge in [-0.25, -0.2) is 0 Å². The fourth-order valence-electron chi connectivity index (χ4n) is 2.68. The molecule has 2 N–H and O–H groups in total. The van der Waals surface area contributed by atoms with E-state index in [-0.39, 0.29) is 24.0 Å². The smallest absolute Gasteiger partial charge is 0.191 e. The first-order valence-electron chi connectivity index (χ1n) is 8.10. The van der Waals surface area contributed by atoms with Crippen LogP contribution in [0.4, 0.5) is 0 Å². The predicted molar refractivity (Wildman–Crippen MR) is 103 cm³/mol. The quantitative estimate of drug-likeness (QED) is 0.392. The van der Waals surface area contributed by atoms with E-state index in [9.17, 15) is 0 Å². The van der Waals surface area contributed by atoms with Gasteiger partial charge < -0.3 is 20.4 Å². The van der Waals surface area contributed by atoms with Gasteiger partial charge in [0.2, 0.25) is 0 Å². The summed E-state index contributed by atoms with van der Waals surface area (Å²) in [5.41, 5.74) is 6.01. The van der Waals surface area contributed by atoms with Gasteiger partial charge in [0.05, 0.1) is 0 Å². The molecule has 21 heavy (non-hydrogen) atoms. The molecule has 0 aromatic rings. The lowest BCUT2D eigenvalue weighted by Crippen LogP contribution is -2.47. The molecule has 1 atom stereocenters. The third kappa shape index (κ3) is 7.65. The number of hydrogen-bond acceptors (Lipinski definition) is 3. The molecule has 0 aromatic heterocycles. The fourth-order valence-corrected chi connectivity index (χ4v) is 2.68. The summed E-state index contributed by atoms with van der Waals surface area (Å²) >= 11 is 0. The van der Waals surface area contributed by atoms with E-state index in [4.69, 9.17) is 5.73 Å². The largest absolute Gasteiger partial charge is 0.370 e. The van der Waals surface area contributed by atoms with Crippen LogP contribution in [0.5, 0.6) is 0 Å². The molecule has 1 aliphatic heterocycles. The molecule has 0 bridgehead atoms. The number of rotatable bonds is 7. The van der Waals surface area contributed by atoms with Crippen LogP contribution in [0.3, 0.4) is 0 Å². The lowest BCUT2D eigenvalue weighted by molar-refractivity contribution is 0.125. The van der Waals surface area contributed by atoms with Crippen molar-refractivity contribution in [1.82, 2.24) is 14.7 Å². The molecule has 0 spiro atoms. The first kappa shape index (κ1) is 20.9. The minimum absolute atomic E-state index is 0. The Kier molecular flexibility index (Phi) is 11.4. The van der Waals surface area contributed by atoms with Gasteiger partial charge >= 0.3 is 0 Å². The maximum atomic E-state index is 6.01. The topological polar surface area (TPSA) is 48.1 Å². The molecule has 1 aliphatic rings. The van der Waals surface area contributed by atoms with Crippen LogP contribution < -0.4 is 5.73 Å². The van der Waals surface area contributed by atoms with Crippen LogP contribution in [-0.2, 0) is 0 Å². The maximum Gasteiger partial charge on any atom is 0.191 e. The molecule has 0 aromatic carbocycles. The Labute approximate surface area is 148 Å². The number of piperazine rings is 1. The summed E-state index contributed by atoms with van der Waals surface area (Å²) in [5, 5.41) is 0. The van der Waals surface area contributed by atoms with Gasteiger partial charge in [-0.05, 0) is 26.3 Å². The van der Waals surface area contributed by atoms with E-state index in [1.165, 1.54) is 32.7 Å². The summed E-state index contributed by atoms with van der Waals surface area (Å²) in [6.45, 7) is 18.5. The summed E-state index contributed by atoms with van der Waals surface area (Å²) < 4.78 is 0. The van der Waals surface area contributed by atoms with Crippen LogP contribution in [0.15, 0.2) is 4.99 Å². The zero-order chi connectivity index (χ0) is 15.0. The van der Waals surface area contributed by atoms with E-state index < -0.39 is 0 Å². The monoisotopic (exact) mass is 411 g/mol. The summed E-state index contributed by atoms with van der Waals surface area (Å²) in [5.74, 6) is 1.26. The summed E-state index contributed by atoms with van der Waals surface area (Å²) in [6, 6.07) is 0. The molecule has 0 amide bonds.